The molecule has 2 heterocycles. The van der Waals surface area contributed by atoms with Gasteiger partial charge >= 0.3 is 0 Å². The van der Waals surface area contributed by atoms with Crippen LogP contribution in [0.3, 0.4) is 0 Å². The fourth-order valence-electron chi connectivity index (χ4n) is 2.38. The first kappa shape index (κ1) is 16.7. The number of carbonyl (C=O) groups excluding carboxylic acids is 1. The number of hydrogen-bond donors (Lipinski definition) is 1. The Hall–Kier alpha value is -1.63. The number of carbonyl (C=O) groups is 1. The number of nitrogens with one attached hydrogen (secondary N) is 1. The molecule has 22 heavy (non-hydrogen) atoms. The van der Waals surface area contributed by atoms with Gasteiger partial charge in [0, 0.05) is 6.92 Å². The van der Waals surface area contributed by atoms with Crippen LogP contribution in [0, 0.1) is 0 Å². The van der Waals surface area contributed by atoms with E-state index in [1.807, 2.05) is 35.7 Å². The van der Waals surface area contributed by atoms with Crippen LogP contribution in [0.25, 0.3) is 5.69 Å². The molecule has 1 saturated heterocycles. The number of aromatic nitrogens is 1. The molecule has 3 rings (SSSR count). The van der Waals surface area contributed by atoms with Crippen molar-refractivity contribution in [1.29, 1.82) is 0 Å². The first-order valence-corrected chi connectivity index (χ1v) is 7.83. The van der Waals surface area contributed by atoms with Gasteiger partial charge in [-0.15, -0.1) is 0 Å². The normalized spacial score (nSPS) is 14.3. The molecule has 1 fully saturated rings. The number of morpholine rings is 1. The second-order valence-electron chi connectivity index (χ2n) is 4.86. The highest BCUT2D eigenvalue weighted by Gasteiger charge is 2.26. The van der Waals surface area contributed by atoms with E-state index in [-0.39, 0.29) is 18.3 Å². The zero-order chi connectivity index (χ0) is 14.7. The highest BCUT2D eigenvalue weighted by molar-refractivity contribution is 7.13. The van der Waals surface area contributed by atoms with E-state index in [0.717, 1.165) is 42.9 Å². The molecule has 1 aromatic carbocycles. The van der Waals surface area contributed by atoms with Crippen molar-refractivity contribution in [1.82, 2.24) is 0 Å². The van der Waals surface area contributed by atoms with Gasteiger partial charge in [0.1, 0.15) is 5.69 Å². The zero-order valence-electron chi connectivity index (χ0n) is 12.3. The summed E-state index contributed by atoms with van der Waals surface area (Å²) in [5.74, 6) is 0.742. The van der Waals surface area contributed by atoms with E-state index in [0.29, 0.717) is 0 Å². The van der Waals surface area contributed by atoms with Gasteiger partial charge in [0.05, 0.1) is 31.7 Å². The van der Waals surface area contributed by atoms with Crippen LogP contribution in [0.15, 0.2) is 35.7 Å². The van der Waals surface area contributed by atoms with Crippen molar-refractivity contribution >= 4 is 28.2 Å². The summed E-state index contributed by atoms with van der Waals surface area (Å²) in [6.45, 7) is 4.74. The molecule has 0 atom stereocenters. The average molecular weight is 340 g/mol. The number of para-hydroxylation sites is 1. The standard InChI is InChI=1S/C15H17N3O2S.ClH/c1-12(19)16-14-11-21-15(17-7-9-20-10-8-17)18(14)13-5-3-2-4-6-13;/h2-6,11H,7-10H2,1H3;1H. The molecule has 1 aliphatic heterocycles. The molecule has 0 unspecified atom stereocenters. The van der Waals surface area contributed by atoms with E-state index < -0.39 is 0 Å². The fraction of sp³-hybridized carbons (Fsp3) is 0.333. The lowest BCUT2D eigenvalue weighted by molar-refractivity contribution is -0.562. The molecule has 0 radical (unpaired) electrons. The van der Waals surface area contributed by atoms with Gasteiger partial charge in [0.15, 0.2) is 0 Å². The van der Waals surface area contributed by atoms with Gasteiger partial charge in [-0.1, -0.05) is 29.5 Å². The van der Waals surface area contributed by atoms with Crippen molar-refractivity contribution in [3.05, 3.63) is 35.7 Å². The first-order chi connectivity index (χ1) is 10.3. The second kappa shape index (κ2) is 7.58. The highest BCUT2D eigenvalue weighted by Crippen LogP contribution is 2.24. The van der Waals surface area contributed by atoms with Crippen LogP contribution in [0.5, 0.6) is 0 Å². The van der Waals surface area contributed by atoms with Gasteiger partial charge in [-0.3, -0.25) is 9.69 Å². The molecule has 0 saturated carbocycles. The molecular weight excluding hydrogens is 322 g/mol. The van der Waals surface area contributed by atoms with Crippen LogP contribution >= 0.6 is 11.3 Å². The third-order valence-electron chi connectivity index (χ3n) is 3.31. The topological polar surface area (TPSA) is 45.5 Å². The van der Waals surface area contributed by atoms with Crippen molar-refractivity contribution in [2.24, 2.45) is 0 Å². The van der Waals surface area contributed by atoms with Crippen molar-refractivity contribution in [2.75, 3.05) is 36.5 Å². The van der Waals surface area contributed by atoms with Crippen molar-refractivity contribution in [3.8, 4) is 5.69 Å². The maximum Gasteiger partial charge on any atom is 0.287 e. The highest BCUT2D eigenvalue weighted by atomic mass is 35.5. The molecule has 7 heteroatoms. The summed E-state index contributed by atoms with van der Waals surface area (Å²) in [7, 11) is 0. The van der Waals surface area contributed by atoms with Crippen LogP contribution in [-0.4, -0.2) is 32.2 Å². The molecule has 1 N–H and O–H groups in total. The summed E-state index contributed by atoms with van der Waals surface area (Å²) >= 11 is 1.64. The Balaban J connectivity index is 0.00000176. The molecule has 118 valence electrons. The molecule has 1 aromatic heterocycles. The molecule has 2 aromatic rings. The zero-order valence-corrected chi connectivity index (χ0v) is 13.9. The monoisotopic (exact) mass is 339 g/mol. The van der Waals surface area contributed by atoms with Crippen LogP contribution in [0.2, 0.25) is 0 Å². The predicted octanol–water partition coefficient (Wildman–Crippen LogP) is -1.18. The van der Waals surface area contributed by atoms with Crippen molar-refractivity contribution < 1.29 is 26.5 Å². The van der Waals surface area contributed by atoms with Gasteiger partial charge in [0.25, 0.3) is 11.0 Å². The SMILES string of the molecule is CC(=O)Nc1csc(N2CCOCC2)[n+]1-c1ccccc1.[Cl-]. The van der Waals surface area contributed by atoms with Gasteiger partial charge in [-0.2, -0.15) is 4.57 Å². The Morgan fingerprint density at radius 1 is 1.27 bits per heavy atom. The minimum absolute atomic E-state index is 0. The molecular formula is C15H18ClN3O2S. The minimum Gasteiger partial charge on any atom is -1.00 e. The maximum absolute atomic E-state index is 11.4. The third kappa shape index (κ3) is 3.58. The third-order valence-corrected chi connectivity index (χ3v) is 4.30. The lowest BCUT2D eigenvalue weighted by atomic mass is 10.3. The number of halogens is 1. The summed E-state index contributed by atoms with van der Waals surface area (Å²) in [5, 5.41) is 6.01. The van der Waals surface area contributed by atoms with E-state index >= 15 is 0 Å². The van der Waals surface area contributed by atoms with E-state index in [1.54, 1.807) is 11.3 Å². The number of thiazole rings is 1. The van der Waals surface area contributed by atoms with Gasteiger partial charge in [-0.25, -0.2) is 5.32 Å². The van der Waals surface area contributed by atoms with Crippen LogP contribution in [-0.2, 0) is 9.53 Å². The number of ether oxygens (including phenoxy) is 1. The predicted molar refractivity (Wildman–Crippen MR) is 83.2 cm³/mol. The Bertz CT molecular complexity index is 627. The average Bonchev–Trinajstić information content (AvgIpc) is 2.92. The Labute approximate surface area is 139 Å². The molecule has 0 aliphatic carbocycles. The summed E-state index contributed by atoms with van der Waals surface area (Å²) < 4.78 is 7.52. The Morgan fingerprint density at radius 2 is 1.95 bits per heavy atom. The van der Waals surface area contributed by atoms with Crippen LogP contribution < -0.4 is 27.2 Å². The molecule has 1 amide bonds. The maximum atomic E-state index is 11.4. The Morgan fingerprint density at radius 3 is 2.59 bits per heavy atom. The fourth-order valence-corrected chi connectivity index (χ4v) is 3.40. The molecule has 0 bridgehead atoms. The second-order valence-corrected chi connectivity index (χ2v) is 5.69. The lowest BCUT2D eigenvalue weighted by Crippen LogP contribution is -3.00. The first-order valence-electron chi connectivity index (χ1n) is 6.95. The van der Waals surface area contributed by atoms with E-state index in [2.05, 4.69) is 14.8 Å². The summed E-state index contributed by atoms with van der Waals surface area (Å²) in [4.78, 5) is 13.7. The molecule has 0 spiro atoms. The number of anilines is 2. The number of nitrogens with zero attached hydrogens (tertiary/aromatic N) is 2. The van der Waals surface area contributed by atoms with Gasteiger partial charge in [0.2, 0.25) is 5.82 Å². The number of amides is 1. The lowest BCUT2D eigenvalue weighted by Gasteiger charge is -2.23. The van der Waals surface area contributed by atoms with Gasteiger partial charge < -0.3 is 17.1 Å². The summed E-state index contributed by atoms with van der Waals surface area (Å²) in [5.41, 5.74) is 1.05. The van der Waals surface area contributed by atoms with E-state index in [1.165, 1.54) is 6.92 Å². The quantitative estimate of drug-likeness (QED) is 0.716. The van der Waals surface area contributed by atoms with Crippen molar-refractivity contribution in [2.45, 2.75) is 6.92 Å². The number of rotatable bonds is 3. The van der Waals surface area contributed by atoms with Gasteiger partial charge in [-0.05, 0) is 12.1 Å². The summed E-state index contributed by atoms with van der Waals surface area (Å²) in [6, 6.07) is 10.1. The largest absolute Gasteiger partial charge is 1.00 e. The smallest absolute Gasteiger partial charge is 0.287 e. The Kier molecular flexibility index (Phi) is 5.76. The van der Waals surface area contributed by atoms with E-state index in [4.69, 9.17) is 4.74 Å². The summed E-state index contributed by atoms with van der Waals surface area (Å²) in [6.07, 6.45) is 0. The number of hydrogen-bond acceptors (Lipinski definition) is 4. The number of benzene rings is 1. The minimum atomic E-state index is -0.0639. The molecule has 1 aliphatic rings. The van der Waals surface area contributed by atoms with Crippen LogP contribution in [0.1, 0.15) is 6.92 Å². The van der Waals surface area contributed by atoms with E-state index in [9.17, 15) is 4.79 Å². The van der Waals surface area contributed by atoms with Crippen molar-refractivity contribution in [3.63, 3.8) is 0 Å². The van der Waals surface area contributed by atoms with Crippen LogP contribution in [0.4, 0.5) is 10.9 Å². The molecule has 5 nitrogen and oxygen atoms in total.